The van der Waals surface area contributed by atoms with Gasteiger partial charge in [-0.25, -0.2) is 8.78 Å². The average molecular weight is 316 g/mol. The summed E-state index contributed by atoms with van der Waals surface area (Å²) in [7, 11) is 0. The molecule has 0 aliphatic heterocycles. The highest BCUT2D eigenvalue weighted by atomic mass is 19.1. The van der Waals surface area contributed by atoms with Crippen LogP contribution in [0.2, 0.25) is 0 Å². The summed E-state index contributed by atoms with van der Waals surface area (Å²) in [5.41, 5.74) is 7.80. The number of aryl methyl sites for hydroxylation is 1. The van der Waals surface area contributed by atoms with E-state index in [0.717, 1.165) is 17.7 Å². The van der Waals surface area contributed by atoms with E-state index in [9.17, 15) is 18.7 Å². The molecule has 1 unspecified atom stereocenters. The van der Waals surface area contributed by atoms with Crippen LogP contribution in [0.3, 0.4) is 0 Å². The van der Waals surface area contributed by atoms with Crippen LogP contribution in [0.15, 0.2) is 48.5 Å². The molecule has 0 saturated carbocycles. The molecule has 0 radical (unpaired) electrons. The second-order valence-electron chi connectivity index (χ2n) is 5.27. The number of carboxylic acids is 1. The molecule has 1 atom stereocenters. The molecule has 0 amide bonds. The van der Waals surface area contributed by atoms with Gasteiger partial charge in [0.2, 0.25) is 0 Å². The molecule has 2 N–H and O–H groups in total. The van der Waals surface area contributed by atoms with Gasteiger partial charge in [0.1, 0.15) is 11.6 Å². The number of carbonyl (C=O) groups excluding carboxylic acids is 1. The van der Waals surface area contributed by atoms with Crippen molar-refractivity contribution in [2.45, 2.75) is 19.4 Å². The van der Waals surface area contributed by atoms with Crippen LogP contribution in [0.5, 0.6) is 0 Å². The second kappa shape index (κ2) is 7.15. The summed E-state index contributed by atoms with van der Waals surface area (Å²) >= 11 is 0. The van der Waals surface area contributed by atoms with Crippen LogP contribution in [0.25, 0.3) is 5.57 Å². The molecule has 23 heavy (non-hydrogen) atoms. The quantitative estimate of drug-likeness (QED) is 0.919. The average Bonchev–Trinajstić information content (AvgIpc) is 2.50. The van der Waals surface area contributed by atoms with Gasteiger partial charge in [0.15, 0.2) is 0 Å². The summed E-state index contributed by atoms with van der Waals surface area (Å²) in [4.78, 5) is 10.8. The van der Waals surface area contributed by atoms with Gasteiger partial charge in [0.05, 0.1) is 5.97 Å². The molecule has 0 heterocycles. The summed E-state index contributed by atoms with van der Waals surface area (Å²) < 4.78 is 27.2. The Morgan fingerprint density at radius 2 is 1.87 bits per heavy atom. The Morgan fingerprint density at radius 3 is 2.43 bits per heavy atom. The third kappa shape index (κ3) is 4.23. The lowest BCUT2D eigenvalue weighted by Crippen LogP contribution is -2.41. The van der Waals surface area contributed by atoms with Crippen LogP contribution in [-0.4, -0.2) is 12.0 Å². The Balaban J connectivity index is 2.48. The minimum Gasteiger partial charge on any atom is -0.548 e. The maximum absolute atomic E-state index is 14.1. The molecule has 0 aromatic heterocycles. The number of nitrogens with two attached hydrogens (primary N) is 1. The van der Waals surface area contributed by atoms with Gasteiger partial charge < -0.3 is 15.6 Å². The van der Waals surface area contributed by atoms with Gasteiger partial charge in [-0.05, 0) is 36.6 Å². The van der Waals surface area contributed by atoms with Crippen molar-refractivity contribution >= 4 is 11.5 Å². The first kappa shape index (κ1) is 16.8. The zero-order chi connectivity index (χ0) is 17.0. The summed E-state index contributed by atoms with van der Waals surface area (Å²) in [5.74, 6) is -2.79. The van der Waals surface area contributed by atoms with Gasteiger partial charge in [-0.3, -0.25) is 0 Å². The SMILES string of the molecule is Cc1ccc(/C(=C\CC(N)C(=O)[O-])c2ccc(F)cc2F)cc1. The predicted octanol–water partition coefficient (Wildman–Crippen LogP) is 2.17. The summed E-state index contributed by atoms with van der Waals surface area (Å²) in [6.45, 7) is 1.91. The number of rotatable bonds is 5. The fourth-order valence-corrected chi connectivity index (χ4v) is 2.17. The van der Waals surface area contributed by atoms with Gasteiger partial charge in [-0.1, -0.05) is 35.9 Å². The van der Waals surface area contributed by atoms with Crippen molar-refractivity contribution in [3.63, 3.8) is 0 Å². The number of aliphatic carboxylic acids is 1. The van der Waals surface area contributed by atoms with Crippen LogP contribution < -0.4 is 10.8 Å². The molecular weight excluding hydrogens is 300 g/mol. The molecule has 2 rings (SSSR count). The molecule has 0 aliphatic carbocycles. The monoisotopic (exact) mass is 316 g/mol. The van der Waals surface area contributed by atoms with Crippen LogP contribution in [0, 0.1) is 18.6 Å². The van der Waals surface area contributed by atoms with E-state index < -0.39 is 23.6 Å². The Morgan fingerprint density at radius 1 is 1.22 bits per heavy atom. The maximum Gasteiger partial charge on any atom is 0.133 e. The van der Waals surface area contributed by atoms with Gasteiger partial charge in [-0.15, -0.1) is 0 Å². The maximum atomic E-state index is 14.1. The van der Waals surface area contributed by atoms with Crippen molar-refractivity contribution < 1.29 is 18.7 Å². The molecular formula is C18H16F2NO2-. The summed E-state index contributed by atoms with van der Waals surface area (Å²) in [6.07, 6.45) is 1.50. The third-order valence-electron chi connectivity index (χ3n) is 3.46. The highest BCUT2D eigenvalue weighted by Crippen LogP contribution is 2.27. The largest absolute Gasteiger partial charge is 0.548 e. The van der Waals surface area contributed by atoms with Gasteiger partial charge in [0, 0.05) is 17.7 Å². The Hall–Kier alpha value is -2.53. The van der Waals surface area contributed by atoms with E-state index in [0.29, 0.717) is 11.1 Å². The zero-order valence-corrected chi connectivity index (χ0v) is 12.6. The second-order valence-corrected chi connectivity index (χ2v) is 5.27. The van der Waals surface area contributed by atoms with E-state index in [4.69, 9.17) is 5.73 Å². The number of hydrogen-bond donors (Lipinski definition) is 1. The van der Waals surface area contributed by atoms with Gasteiger partial charge >= 0.3 is 0 Å². The molecule has 0 saturated heterocycles. The zero-order valence-electron chi connectivity index (χ0n) is 12.6. The summed E-state index contributed by atoms with van der Waals surface area (Å²) in [5, 5.41) is 10.8. The van der Waals surface area contributed by atoms with E-state index in [2.05, 4.69) is 0 Å². The lowest BCUT2D eigenvalue weighted by molar-refractivity contribution is -0.307. The first-order valence-corrected chi connectivity index (χ1v) is 7.07. The Labute approximate surface area is 133 Å². The smallest absolute Gasteiger partial charge is 0.133 e. The number of benzene rings is 2. The van der Waals surface area contributed by atoms with Crippen molar-refractivity contribution in [2.75, 3.05) is 0 Å². The molecule has 0 bridgehead atoms. The first-order valence-electron chi connectivity index (χ1n) is 7.07. The van der Waals surface area contributed by atoms with Crippen LogP contribution >= 0.6 is 0 Å². The van der Waals surface area contributed by atoms with Crippen molar-refractivity contribution in [3.8, 4) is 0 Å². The lowest BCUT2D eigenvalue weighted by atomic mass is 9.95. The lowest BCUT2D eigenvalue weighted by Gasteiger charge is -2.14. The molecule has 2 aromatic rings. The topological polar surface area (TPSA) is 66.2 Å². The molecule has 0 aliphatic rings. The Bertz CT molecular complexity index is 739. The number of halogens is 2. The van der Waals surface area contributed by atoms with Crippen molar-refractivity contribution in [2.24, 2.45) is 5.73 Å². The fraction of sp³-hybridized carbons (Fsp3) is 0.167. The molecule has 3 nitrogen and oxygen atoms in total. The highest BCUT2D eigenvalue weighted by molar-refractivity contribution is 5.81. The van der Waals surface area contributed by atoms with E-state index in [1.54, 1.807) is 12.1 Å². The van der Waals surface area contributed by atoms with E-state index in [1.165, 1.54) is 12.1 Å². The van der Waals surface area contributed by atoms with Gasteiger partial charge in [-0.2, -0.15) is 0 Å². The molecule has 2 aromatic carbocycles. The van der Waals surface area contributed by atoms with E-state index in [-0.39, 0.29) is 12.0 Å². The minimum atomic E-state index is -1.39. The highest BCUT2D eigenvalue weighted by Gasteiger charge is 2.12. The normalized spacial score (nSPS) is 13.0. The van der Waals surface area contributed by atoms with Crippen molar-refractivity contribution in [1.82, 2.24) is 0 Å². The van der Waals surface area contributed by atoms with Crippen molar-refractivity contribution in [1.29, 1.82) is 0 Å². The van der Waals surface area contributed by atoms with Crippen LogP contribution in [0.1, 0.15) is 23.1 Å². The Kier molecular flexibility index (Phi) is 5.24. The van der Waals surface area contributed by atoms with Crippen LogP contribution in [0.4, 0.5) is 8.78 Å². The van der Waals surface area contributed by atoms with E-state index in [1.807, 2.05) is 19.1 Å². The summed E-state index contributed by atoms with van der Waals surface area (Å²) in [6, 6.07) is 9.34. The molecule has 0 spiro atoms. The minimum absolute atomic E-state index is 0.0254. The number of hydrogen-bond acceptors (Lipinski definition) is 3. The van der Waals surface area contributed by atoms with Crippen molar-refractivity contribution in [3.05, 3.63) is 76.9 Å². The fourth-order valence-electron chi connectivity index (χ4n) is 2.17. The number of carboxylic acid groups (broad SMARTS) is 1. The first-order chi connectivity index (χ1) is 10.9. The molecule has 5 heteroatoms. The van der Waals surface area contributed by atoms with Gasteiger partial charge in [0.25, 0.3) is 0 Å². The number of carbonyl (C=O) groups is 1. The standard InChI is InChI=1S/C18H17F2NO2/c1-11-2-4-12(5-3-11)14(8-9-17(21)18(22)23)15-7-6-13(19)10-16(15)20/h2-8,10,17H,9,21H2,1H3,(H,22,23)/p-1/b14-8+. The van der Waals surface area contributed by atoms with E-state index >= 15 is 0 Å². The predicted molar refractivity (Wildman–Crippen MR) is 82.2 cm³/mol. The molecule has 0 fully saturated rings. The van der Waals surface area contributed by atoms with Crippen LogP contribution in [-0.2, 0) is 4.79 Å². The molecule has 120 valence electrons. The third-order valence-corrected chi connectivity index (χ3v) is 3.46.